The van der Waals surface area contributed by atoms with Crippen LogP contribution in [0.3, 0.4) is 0 Å². The number of anilines is 1. The standard InChI is InChI=1S/C31H32N2O3S/c1-24-15-18-29(19-16-24)37(35,36)33(30-20-25(2)14-17-26(30)3)23-31(34)32(21-27-10-6-4-7-11-27)22-28-12-8-5-9-13-28/h4-20H,21-23H2,1-3H3. The summed E-state index contributed by atoms with van der Waals surface area (Å²) in [6.45, 7) is 6.13. The lowest BCUT2D eigenvalue weighted by molar-refractivity contribution is -0.130. The molecule has 1 amide bonds. The first-order chi connectivity index (χ1) is 17.7. The normalized spacial score (nSPS) is 11.2. The minimum atomic E-state index is -4.00. The number of rotatable bonds is 9. The fourth-order valence-electron chi connectivity index (χ4n) is 4.19. The van der Waals surface area contributed by atoms with Crippen molar-refractivity contribution in [3.05, 3.63) is 131 Å². The Morgan fingerprint density at radius 3 is 1.73 bits per heavy atom. The van der Waals surface area contributed by atoms with Crippen molar-refractivity contribution in [3.63, 3.8) is 0 Å². The molecular weight excluding hydrogens is 480 g/mol. The molecule has 0 aliphatic rings. The molecule has 37 heavy (non-hydrogen) atoms. The van der Waals surface area contributed by atoms with Crippen molar-refractivity contribution in [3.8, 4) is 0 Å². The van der Waals surface area contributed by atoms with Crippen LogP contribution in [0, 0.1) is 20.8 Å². The Morgan fingerprint density at radius 1 is 0.676 bits per heavy atom. The van der Waals surface area contributed by atoms with E-state index in [1.54, 1.807) is 29.2 Å². The van der Waals surface area contributed by atoms with Crippen LogP contribution in [-0.2, 0) is 27.9 Å². The zero-order chi connectivity index (χ0) is 26.4. The summed E-state index contributed by atoms with van der Waals surface area (Å²) in [5.41, 5.74) is 5.13. The van der Waals surface area contributed by atoms with E-state index in [-0.39, 0.29) is 17.3 Å². The lowest BCUT2D eigenvalue weighted by Gasteiger charge is -2.30. The molecule has 0 aliphatic heterocycles. The number of carbonyl (C=O) groups excluding carboxylic acids is 1. The van der Waals surface area contributed by atoms with E-state index >= 15 is 0 Å². The second-order valence-corrected chi connectivity index (χ2v) is 11.2. The molecule has 0 saturated heterocycles. The zero-order valence-electron chi connectivity index (χ0n) is 21.5. The molecule has 0 aromatic heterocycles. The summed E-state index contributed by atoms with van der Waals surface area (Å²) in [6, 6.07) is 31.9. The fraction of sp³-hybridized carbons (Fsp3) is 0.194. The van der Waals surface area contributed by atoms with Crippen LogP contribution in [0.25, 0.3) is 0 Å². The van der Waals surface area contributed by atoms with Crippen LogP contribution in [0.15, 0.2) is 108 Å². The molecule has 0 heterocycles. The molecule has 6 heteroatoms. The van der Waals surface area contributed by atoms with E-state index in [4.69, 9.17) is 0 Å². The van der Waals surface area contributed by atoms with Gasteiger partial charge in [-0.05, 0) is 61.2 Å². The van der Waals surface area contributed by atoms with E-state index in [0.29, 0.717) is 18.8 Å². The maximum absolute atomic E-state index is 13.9. The summed E-state index contributed by atoms with van der Waals surface area (Å²) in [5.74, 6) is -0.274. The van der Waals surface area contributed by atoms with Gasteiger partial charge >= 0.3 is 0 Å². The Balaban J connectivity index is 1.73. The molecule has 4 aromatic rings. The molecule has 0 fully saturated rings. The quantitative estimate of drug-likeness (QED) is 0.275. The van der Waals surface area contributed by atoms with E-state index in [2.05, 4.69) is 0 Å². The molecule has 0 bridgehead atoms. The van der Waals surface area contributed by atoms with Crippen molar-refractivity contribution in [1.29, 1.82) is 0 Å². The van der Waals surface area contributed by atoms with Gasteiger partial charge in [0.05, 0.1) is 10.6 Å². The molecule has 4 rings (SSSR count). The van der Waals surface area contributed by atoms with Gasteiger partial charge in [0, 0.05) is 13.1 Å². The van der Waals surface area contributed by atoms with Crippen LogP contribution in [0.1, 0.15) is 27.8 Å². The Morgan fingerprint density at radius 2 is 1.19 bits per heavy atom. The van der Waals surface area contributed by atoms with Gasteiger partial charge in [0.25, 0.3) is 10.0 Å². The minimum absolute atomic E-state index is 0.157. The molecular formula is C31H32N2O3S. The zero-order valence-corrected chi connectivity index (χ0v) is 22.3. The molecule has 0 spiro atoms. The van der Waals surface area contributed by atoms with Crippen LogP contribution >= 0.6 is 0 Å². The molecule has 0 atom stereocenters. The number of benzene rings is 4. The second kappa shape index (κ2) is 11.4. The first-order valence-electron chi connectivity index (χ1n) is 12.3. The van der Waals surface area contributed by atoms with Crippen molar-refractivity contribution >= 4 is 21.6 Å². The van der Waals surface area contributed by atoms with Gasteiger partial charge in [-0.3, -0.25) is 9.10 Å². The van der Waals surface area contributed by atoms with E-state index in [1.807, 2.05) is 99.6 Å². The number of amides is 1. The van der Waals surface area contributed by atoms with Crippen molar-refractivity contribution < 1.29 is 13.2 Å². The molecule has 190 valence electrons. The summed E-state index contributed by atoms with van der Waals surface area (Å²) in [6.07, 6.45) is 0. The summed E-state index contributed by atoms with van der Waals surface area (Å²) >= 11 is 0. The summed E-state index contributed by atoms with van der Waals surface area (Å²) in [7, 11) is -4.00. The SMILES string of the molecule is Cc1ccc(S(=O)(=O)N(CC(=O)N(Cc2ccccc2)Cc2ccccc2)c2cc(C)ccc2C)cc1. The maximum atomic E-state index is 13.9. The van der Waals surface area contributed by atoms with E-state index in [0.717, 1.165) is 27.8 Å². The number of carbonyl (C=O) groups is 1. The van der Waals surface area contributed by atoms with Gasteiger partial charge in [0.1, 0.15) is 6.54 Å². The topological polar surface area (TPSA) is 57.7 Å². The van der Waals surface area contributed by atoms with Crippen LogP contribution in [0.2, 0.25) is 0 Å². The van der Waals surface area contributed by atoms with Crippen molar-refractivity contribution in [2.45, 2.75) is 38.8 Å². The number of sulfonamides is 1. The Kier molecular flexibility index (Phi) is 8.09. The summed E-state index contributed by atoms with van der Waals surface area (Å²) < 4.78 is 29.1. The third kappa shape index (κ3) is 6.46. The Labute approximate surface area is 220 Å². The average Bonchev–Trinajstić information content (AvgIpc) is 2.89. The number of hydrogen-bond acceptors (Lipinski definition) is 3. The van der Waals surface area contributed by atoms with Crippen LogP contribution in [0.5, 0.6) is 0 Å². The van der Waals surface area contributed by atoms with Gasteiger partial charge in [0.2, 0.25) is 5.91 Å². The van der Waals surface area contributed by atoms with Crippen LogP contribution in [0.4, 0.5) is 5.69 Å². The number of hydrogen-bond donors (Lipinski definition) is 0. The molecule has 0 saturated carbocycles. The third-order valence-corrected chi connectivity index (χ3v) is 8.08. The third-order valence-electron chi connectivity index (χ3n) is 6.31. The number of nitrogens with zero attached hydrogens (tertiary/aromatic N) is 2. The van der Waals surface area contributed by atoms with Crippen molar-refractivity contribution in [2.24, 2.45) is 0 Å². The van der Waals surface area contributed by atoms with Gasteiger partial charge in [-0.2, -0.15) is 0 Å². The number of aryl methyl sites for hydroxylation is 3. The first kappa shape index (κ1) is 26.2. The van der Waals surface area contributed by atoms with Gasteiger partial charge in [-0.25, -0.2) is 8.42 Å². The highest BCUT2D eigenvalue weighted by molar-refractivity contribution is 7.92. The highest BCUT2D eigenvalue weighted by atomic mass is 32.2. The summed E-state index contributed by atoms with van der Waals surface area (Å²) in [4.78, 5) is 15.8. The van der Waals surface area contributed by atoms with E-state index in [1.165, 1.54) is 4.31 Å². The summed E-state index contributed by atoms with van der Waals surface area (Å²) in [5, 5.41) is 0. The van der Waals surface area contributed by atoms with Crippen molar-refractivity contribution in [2.75, 3.05) is 10.8 Å². The smallest absolute Gasteiger partial charge is 0.264 e. The van der Waals surface area contributed by atoms with Crippen LogP contribution in [-0.4, -0.2) is 25.8 Å². The predicted molar refractivity (Wildman–Crippen MR) is 149 cm³/mol. The van der Waals surface area contributed by atoms with Crippen molar-refractivity contribution in [1.82, 2.24) is 4.90 Å². The molecule has 0 unspecified atom stereocenters. The lowest BCUT2D eigenvalue weighted by Crippen LogP contribution is -2.43. The van der Waals surface area contributed by atoms with E-state index < -0.39 is 10.0 Å². The van der Waals surface area contributed by atoms with Crippen LogP contribution < -0.4 is 4.31 Å². The van der Waals surface area contributed by atoms with Gasteiger partial charge < -0.3 is 4.90 Å². The highest BCUT2D eigenvalue weighted by Gasteiger charge is 2.30. The largest absolute Gasteiger partial charge is 0.332 e. The fourth-order valence-corrected chi connectivity index (χ4v) is 5.66. The average molecular weight is 513 g/mol. The van der Waals surface area contributed by atoms with Gasteiger partial charge in [-0.1, -0.05) is 90.5 Å². The minimum Gasteiger partial charge on any atom is -0.332 e. The monoisotopic (exact) mass is 512 g/mol. The highest BCUT2D eigenvalue weighted by Crippen LogP contribution is 2.28. The lowest BCUT2D eigenvalue weighted by atomic mass is 10.1. The molecule has 0 aliphatic carbocycles. The first-order valence-corrected chi connectivity index (χ1v) is 13.7. The maximum Gasteiger partial charge on any atom is 0.264 e. The second-order valence-electron chi connectivity index (χ2n) is 9.34. The van der Waals surface area contributed by atoms with Gasteiger partial charge in [-0.15, -0.1) is 0 Å². The van der Waals surface area contributed by atoms with E-state index in [9.17, 15) is 13.2 Å². The molecule has 5 nitrogen and oxygen atoms in total. The Bertz CT molecular complexity index is 1410. The predicted octanol–water partition coefficient (Wildman–Crippen LogP) is 6.04. The van der Waals surface area contributed by atoms with Gasteiger partial charge in [0.15, 0.2) is 0 Å². The Hall–Kier alpha value is -3.90. The molecule has 4 aromatic carbocycles. The molecule has 0 radical (unpaired) electrons. The molecule has 0 N–H and O–H groups in total.